The normalized spacial score (nSPS) is 13.3. The van der Waals surface area contributed by atoms with Crippen molar-refractivity contribution in [1.82, 2.24) is 4.98 Å². The van der Waals surface area contributed by atoms with E-state index in [0.29, 0.717) is 10.6 Å². The Bertz CT molecular complexity index is 612. The molecule has 0 amide bonds. The Morgan fingerprint density at radius 1 is 1.10 bits per heavy atom. The van der Waals surface area contributed by atoms with Gasteiger partial charge < -0.3 is 5.73 Å². The Morgan fingerprint density at radius 3 is 2.35 bits per heavy atom. The molecule has 1 aromatic carbocycles. The molecule has 0 spiro atoms. The van der Waals surface area contributed by atoms with Crippen molar-refractivity contribution in [2.45, 2.75) is 12.2 Å². The van der Waals surface area contributed by atoms with Gasteiger partial charge in [-0.3, -0.25) is 4.98 Å². The van der Waals surface area contributed by atoms with Crippen LogP contribution >= 0.6 is 23.2 Å². The van der Waals surface area contributed by atoms with E-state index in [0.717, 1.165) is 12.3 Å². The Labute approximate surface area is 123 Å². The Kier molecular flexibility index (Phi) is 4.22. The minimum atomic E-state index is -4.43. The summed E-state index contributed by atoms with van der Waals surface area (Å²) in [6.45, 7) is 0. The highest BCUT2D eigenvalue weighted by atomic mass is 35.5. The molecule has 0 aliphatic carbocycles. The molecule has 2 N–H and O–H groups in total. The second-order valence-corrected chi connectivity index (χ2v) is 4.88. The number of halogens is 5. The summed E-state index contributed by atoms with van der Waals surface area (Å²) in [5, 5.41) is 0.592. The summed E-state index contributed by atoms with van der Waals surface area (Å²) < 4.78 is 37.4. The van der Waals surface area contributed by atoms with E-state index in [2.05, 4.69) is 4.98 Å². The van der Waals surface area contributed by atoms with Gasteiger partial charge in [0, 0.05) is 6.20 Å². The van der Waals surface area contributed by atoms with Crippen molar-refractivity contribution in [3.8, 4) is 0 Å². The molecule has 0 bridgehead atoms. The number of alkyl halides is 3. The third-order valence-electron chi connectivity index (χ3n) is 2.75. The molecule has 106 valence electrons. The van der Waals surface area contributed by atoms with E-state index < -0.39 is 17.8 Å². The van der Waals surface area contributed by atoms with Crippen LogP contribution in [0.25, 0.3) is 0 Å². The van der Waals surface area contributed by atoms with E-state index >= 15 is 0 Å². The Morgan fingerprint density at radius 2 is 1.80 bits per heavy atom. The van der Waals surface area contributed by atoms with Crippen LogP contribution in [0.5, 0.6) is 0 Å². The van der Waals surface area contributed by atoms with Crippen molar-refractivity contribution in [3.05, 3.63) is 63.4 Å². The lowest BCUT2D eigenvalue weighted by Crippen LogP contribution is -2.15. The molecular weight excluding hydrogens is 312 g/mol. The largest absolute Gasteiger partial charge is 0.417 e. The number of nitrogens with two attached hydrogens (primary N) is 1. The fourth-order valence-corrected chi connectivity index (χ4v) is 2.10. The molecule has 7 heteroatoms. The van der Waals surface area contributed by atoms with Gasteiger partial charge in [-0.05, 0) is 23.8 Å². The van der Waals surface area contributed by atoms with Gasteiger partial charge in [0.25, 0.3) is 0 Å². The molecular formula is C13H9Cl2F3N2. The summed E-state index contributed by atoms with van der Waals surface area (Å²) >= 11 is 11.9. The van der Waals surface area contributed by atoms with Gasteiger partial charge in [-0.1, -0.05) is 35.3 Å². The van der Waals surface area contributed by atoms with Crippen LogP contribution in [0.3, 0.4) is 0 Å². The van der Waals surface area contributed by atoms with Crippen molar-refractivity contribution in [1.29, 1.82) is 0 Å². The zero-order chi connectivity index (χ0) is 14.9. The minimum Gasteiger partial charge on any atom is -0.319 e. The molecule has 1 heterocycles. The maximum atomic E-state index is 12.5. The second-order valence-electron chi connectivity index (χ2n) is 4.09. The predicted octanol–water partition coefficient (Wildman–Crippen LogP) is 4.46. The van der Waals surface area contributed by atoms with Gasteiger partial charge in [0.05, 0.1) is 27.3 Å². The Hall–Kier alpha value is -1.30. The minimum absolute atomic E-state index is 0.267. The molecule has 0 saturated carbocycles. The maximum absolute atomic E-state index is 12.5. The lowest BCUT2D eigenvalue weighted by atomic mass is 10.0. The maximum Gasteiger partial charge on any atom is 0.417 e. The first-order chi connectivity index (χ1) is 9.30. The summed E-state index contributed by atoms with van der Waals surface area (Å²) in [6, 6.07) is 6.32. The SMILES string of the molecule is NC(c1ccc(C(F)(F)F)cn1)c1cccc(Cl)c1Cl. The van der Waals surface area contributed by atoms with E-state index in [1.165, 1.54) is 6.07 Å². The zero-order valence-electron chi connectivity index (χ0n) is 9.96. The first-order valence-electron chi connectivity index (χ1n) is 5.53. The highest BCUT2D eigenvalue weighted by Crippen LogP contribution is 2.33. The smallest absolute Gasteiger partial charge is 0.319 e. The lowest BCUT2D eigenvalue weighted by molar-refractivity contribution is -0.137. The van der Waals surface area contributed by atoms with Crippen molar-refractivity contribution >= 4 is 23.2 Å². The highest BCUT2D eigenvalue weighted by molar-refractivity contribution is 6.42. The van der Waals surface area contributed by atoms with Crippen LogP contribution in [0, 0.1) is 0 Å². The third kappa shape index (κ3) is 3.06. The molecule has 0 saturated heterocycles. The van der Waals surface area contributed by atoms with Crippen molar-refractivity contribution in [2.75, 3.05) is 0 Å². The number of rotatable bonds is 2. The number of benzene rings is 1. The van der Waals surface area contributed by atoms with E-state index in [1.807, 2.05) is 0 Å². The zero-order valence-corrected chi connectivity index (χ0v) is 11.5. The number of aromatic nitrogens is 1. The van der Waals surface area contributed by atoms with Gasteiger partial charge in [0.2, 0.25) is 0 Å². The van der Waals surface area contributed by atoms with Crippen LogP contribution in [0.4, 0.5) is 13.2 Å². The van der Waals surface area contributed by atoms with Crippen LogP contribution in [-0.2, 0) is 6.18 Å². The Balaban J connectivity index is 2.34. The van der Waals surface area contributed by atoms with Gasteiger partial charge >= 0.3 is 6.18 Å². The molecule has 2 rings (SSSR count). The van der Waals surface area contributed by atoms with Crippen molar-refractivity contribution in [2.24, 2.45) is 5.73 Å². The molecule has 1 unspecified atom stereocenters. The quantitative estimate of drug-likeness (QED) is 0.887. The van der Waals surface area contributed by atoms with Crippen LogP contribution in [0.15, 0.2) is 36.5 Å². The second kappa shape index (κ2) is 5.60. The molecule has 0 aliphatic heterocycles. The first-order valence-corrected chi connectivity index (χ1v) is 6.29. The molecule has 1 atom stereocenters. The van der Waals surface area contributed by atoms with Crippen LogP contribution in [0.2, 0.25) is 10.0 Å². The molecule has 2 nitrogen and oxygen atoms in total. The van der Waals surface area contributed by atoms with Gasteiger partial charge in [-0.2, -0.15) is 13.2 Å². The molecule has 2 aromatic rings. The number of nitrogens with zero attached hydrogens (tertiary/aromatic N) is 1. The van der Waals surface area contributed by atoms with Crippen LogP contribution in [-0.4, -0.2) is 4.98 Å². The topological polar surface area (TPSA) is 38.9 Å². The fraction of sp³-hybridized carbons (Fsp3) is 0.154. The van der Waals surface area contributed by atoms with Crippen molar-refractivity contribution in [3.63, 3.8) is 0 Å². The summed E-state index contributed by atoms with van der Waals surface area (Å²) in [7, 11) is 0. The molecule has 0 aliphatic rings. The van der Waals surface area contributed by atoms with E-state index in [-0.39, 0.29) is 10.7 Å². The standard InChI is InChI=1S/C13H9Cl2F3N2/c14-9-3-1-2-8(11(9)15)12(19)10-5-4-7(6-20-10)13(16,17)18/h1-6,12H,19H2. The third-order valence-corrected chi connectivity index (χ3v) is 3.58. The molecule has 20 heavy (non-hydrogen) atoms. The van der Waals surface area contributed by atoms with Gasteiger partial charge in [-0.15, -0.1) is 0 Å². The summed E-state index contributed by atoms with van der Waals surface area (Å²) in [5.41, 5.74) is 5.92. The van der Waals surface area contributed by atoms with Crippen molar-refractivity contribution < 1.29 is 13.2 Å². The van der Waals surface area contributed by atoms with Crippen LogP contribution in [0.1, 0.15) is 22.9 Å². The fourth-order valence-electron chi connectivity index (χ4n) is 1.68. The average Bonchev–Trinajstić information content (AvgIpc) is 2.40. The number of hydrogen-bond acceptors (Lipinski definition) is 2. The predicted molar refractivity (Wildman–Crippen MR) is 71.7 cm³/mol. The molecule has 0 fully saturated rings. The van der Waals surface area contributed by atoms with E-state index in [4.69, 9.17) is 28.9 Å². The van der Waals surface area contributed by atoms with Gasteiger partial charge in [0.1, 0.15) is 0 Å². The van der Waals surface area contributed by atoms with Gasteiger partial charge in [0.15, 0.2) is 0 Å². The van der Waals surface area contributed by atoms with Crippen LogP contribution < -0.4 is 5.73 Å². The molecule has 0 radical (unpaired) electrons. The summed E-state index contributed by atoms with van der Waals surface area (Å²) in [5.74, 6) is 0. The molecule has 1 aromatic heterocycles. The van der Waals surface area contributed by atoms with E-state index in [1.54, 1.807) is 18.2 Å². The average molecular weight is 321 g/mol. The summed E-state index contributed by atoms with van der Waals surface area (Å²) in [4.78, 5) is 3.75. The number of hydrogen-bond donors (Lipinski definition) is 1. The van der Waals surface area contributed by atoms with E-state index in [9.17, 15) is 13.2 Å². The first kappa shape index (κ1) is 15.1. The van der Waals surface area contributed by atoms with Gasteiger partial charge in [-0.25, -0.2) is 0 Å². The highest BCUT2D eigenvalue weighted by Gasteiger charge is 2.31. The lowest BCUT2D eigenvalue weighted by Gasteiger charge is -2.15. The number of pyridine rings is 1. The summed E-state index contributed by atoms with van der Waals surface area (Å²) in [6.07, 6.45) is -3.68. The monoisotopic (exact) mass is 320 g/mol.